The van der Waals surface area contributed by atoms with Crippen LogP contribution in [0.3, 0.4) is 0 Å². The maximum absolute atomic E-state index is 5.48. The zero-order valence-corrected chi connectivity index (χ0v) is 18.6. The molecule has 0 N–H and O–H groups in total. The lowest BCUT2D eigenvalue weighted by atomic mass is 10.1. The summed E-state index contributed by atoms with van der Waals surface area (Å²) < 4.78 is 5.48. The number of fused-ring (bicyclic) bond motifs is 1. The van der Waals surface area contributed by atoms with Crippen molar-refractivity contribution in [3.05, 3.63) is 73.3 Å². The molecule has 2 fully saturated rings. The largest absolute Gasteiger partial charge is 0.464 e. The topological polar surface area (TPSA) is 44.7 Å². The predicted octanol–water partition coefficient (Wildman–Crippen LogP) is 4.30. The van der Waals surface area contributed by atoms with Crippen LogP contribution in [0.2, 0.25) is 0 Å². The fourth-order valence-electron chi connectivity index (χ4n) is 4.48. The van der Waals surface area contributed by atoms with Crippen LogP contribution in [0, 0.1) is 0 Å². The average molecular weight is 428 g/mol. The van der Waals surface area contributed by atoms with E-state index in [-0.39, 0.29) is 0 Å². The fourth-order valence-corrected chi connectivity index (χ4v) is 4.48. The van der Waals surface area contributed by atoms with Crippen molar-refractivity contribution in [1.82, 2.24) is 14.9 Å². The summed E-state index contributed by atoms with van der Waals surface area (Å²) in [6.45, 7) is 16.6. The molecule has 4 heterocycles. The molecule has 2 aliphatic heterocycles. The van der Waals surface area contributed by atoms with Crippen LogP contribution in [0.1, 0.15) is 6.92 Å². The van der Waals surface area contributed by atoms with Gasteiger partial charge in [0.1, 0.15) is 23.2 Å². The molecule has 0 radical (unpaired) electrons. The number of morpholine rings is 1. The van der Waals surface area contributed by atoms with Gasteiger partial charge in [-0.3, -0.25) is 0 Å². The minimum Gasteiger partial charge on any atom is -0.464 e. The van der Waals surface area contributed by atoms with Crippen molar-refractivity contribution < 1.29 is 4.74 Å². The molecule has 0 saturated carbocycles. The highest BCUT2D eigenvalue weighted by molar-refractivity contribution is 5.95. The Balaban J connectivity index is 1.46. The van der Waals surface area contributed by atoms with E-state index in [1.807, 2.05) is 12.3 Å². The van der Waals surface area contributed by atoms with Crippen LogP contribution in [0.15, 0.2) is 73.3 Å². The quantitative estimate of drug-likeness (QED) is 0.619. The number of anilines is 2. The molecular formula is C26H29N5O. The summed E-state index contributed by atoms with van der Waals surface area (Å²) in [7, 11) is 0. The molecule has 0 spiro atoms. The minimum absolute atomic E-state index is 0.619. The maximum Gasteiger partial charge on any atom is 0.137 e. The zero-order valence-electron chi connectivity index (χ0n) is 18.6. The monoisotopic (exact) mass is 427 g/mol. The van der Waals surface area contributed by atoms with Crippen LogP contribution < -0.4 is 9.80 Å². The van der Waals surface area contributed by atoms with Gasteiger partial charge in [0.25, 0.3) is 0 Å². The molecule has 0 bridgehead atoms. The van der Waals surface area contributed by atoms with E-state index in [1.165, 1.54) is 10.8 Å². The Morgan fingerprint density at radius 2 is 1.69 bits per heavy atom. The van der Waals surface area contributed by atoms with Crippen molar-refractivity contribution in [1.29, 1.82) is 0 Å². The van der Waals surface area contributed by atoms with Crippen LogP contribution in [0.25, 0.3) is 22.0 Å². The molecule has 0 aliphatic carbocycles. The summed E-state index contributed by atoms with van der Waals surface area (Å²) in [6, 6.07) is 14.8. The number of hydrogen-bond acceptors (Lipinski definition) is 6. The van der Waals surface area contributed by atoms with Gasteiger partial charge in [-0.2, -0.15) is 0 Å². The highest BCUT2D eigenvalue weighted by Gasteiger charge is 2.21. The molecule has 2 aliphatic rings. The summed E-state index contributed by atoms with van der Waals surface area (Å²) in [5.41, 5.74) is 1.96. The summed E-state index contributed by atoms with van der Waals surface area (Å²) in [6.07, 6.45) is 1.91. The van der Waals surface area contributed by atoms with Crippen molar-refractivity contribution >= 4 is 22.4 Å². The summed E-state index contributed by atoms with van der Waals surface area (Å²) in [5, 5.41) is 2.41. The lowest BCUT2D eigenvalue weighted by molar-refractivity contribution is 0.271. The second-order valence-corrected chi connectivity index (χ2v) is 8.41. The zero-order chi connectivity index (χ0) is 22.1. The van der Waals surface area contributed by atoms with Crippen LogP contribution in [-0.4, -0.2) is 60.7 Å². The number of benzene rings is 1. The molecule has 164 valence electrons. The van der Waals surface area contributed by atoms with E-state index in [2.05, 4.69) is 71.2 Å². The Kier molecular flexibility index (Phi) is 5.53. The van der Waals surface area contributed by atoms with Gasteiger partial charge in [0.2, 0.25) is 0 Å². The fraction of sp³-hybridized carbons (Fsp3) is 0.308. The summed E-state index contributed by atoms with van der Waals surface area (Å²) in [5.74, 6) is 3.34. The first-order valence-electron chi connectivity index (χ1n) is 11.2. The van der Waals surface area contributed by atoms with Gasteiger partial charge in [0.15, 0.2) is 0 Å². The number of likely N-dealkylation sites (N-methyl/N-ethyl adjacent to an activating group) is 1. The van der Waals surface area contributed by atoms with Gasteiger partial charge in [-0.25, -0.2) is 9.97 Å². The second kappa shape index (κ2) is 8.63. The number of rotatable bonds is 4. The molecule has 2 aromatic heterocycles. The van der Waals surface area contributed by atoms with Crippen molar-refractivity contribution in [3.8, 4) is 11.3 Å². The van der Waals surface area contributed by atoms with Gasteiger partial charge < -0.3 is 19.4 Å². The summed E-state index contributed by atoms with van der Waals surface area (Å²) in [4.78, 5) is 16.9. The standard InChI is InChI=1S/C26H29N5O/c1-4-29-11-13-30(14-12-29)26-23-8-6-5-7-21(23)15-24(28-26)22-9-10-25(27-16-22)31-17-19(2)32-20(3)18-31/h5-10,15-16H,2-4,11-14,17-18H2,1H3. The number of aromatic nitrogens is 2. The third-order valence-electron chi connectivity index (χ3n) is 6.23. The lowest BCUT2D eigenvalue weighted by Gasteiger charge is -2.35. The third-order valence-corrected chi connectivity index (χ3v) is 6.23. The first-order chi connectivity index (χ1) is 15.6. The maximum atomic E-state index is 5.48. The SMILES string of the molecule is C=C1CN(c2ccc(-c3cc4ccccc4c(N4CCN(CC)CC4)n3)cn2)CC(=C)O1. The molecule has 6 nitrogen and oxygen atoms in total. The predicted molar refractivity (Wildman–Crippen MR) is 131 cm³/mol. The molecule has 3 aromatic rings. The first kappa shape index (κ1) is 20.5. The smallest absolute Gasteiger partial charge is 0.137 e. The van der Waals surface area contributed by atoms with Crippen LogP contribution in [0.5, 0.6) is 0 Å². The number of nitrogens with zero attached hydrogens (tertiary/aromatic N) is 5. The Labute approximate surface area is 189 Å². The average Bonchev–Trinajstić information content (AvgIpc) is 2.83. The van der Waals surface area contributed by atoms with Gasteiger partial charge in [-0.1, -0.05) is 44.3 Å². The van der Waals surface area contributed by atoms with E-state index in [4.69, 9.17) is 14.7 Å². The molecule has 0 atom stereocenters. The normalized spacial score (nSPS) is 17.7. The Hall–Kier alpha value is -3.38. The molecule has 0 unspecified atom stereocenters. The van der Waals surface area contributed by atoms with Gasteiger partial charge in [-0.15, -0.1) is 0 Å². The third kappa shape index (κ3) is 4.06. The molecule has 6 heteroatoms. The van der Waals surface area contributed by atoms with Gasteiger partial charge in [0, 0.05) is 43.3 Å². The van der Waals surface area contributed by atoms with Crippen LogP contribution >= 0.6 is 0 Å². The number of hydrogen-bond donors (Lipinski definition) is 0. The number of piperazine rings is 1. The highest BCUT2D eigenvalue weighted by atomic mass is 16.5. The molecule has 0 amide bonds. The van der Waals surface area contributed by atoms with Crippen molar-refractivity contribution in [2.24, 2.45) is 0 Å². The molecular weight excluding hydrogens is 398 g/mol. The van der Waals surface area contributed by atoms with E-state index < -0.39 is 0 Å². The van der Waals surface area contributed by atoms with Gasteiger partial charge in [-0.05, 0) is 30.1 Å². The van der Waals surface area contributed by atoms with E-state index in [9.17, 15) is 0 Å². The molecule has 32 heavy (non-hydrogen) atoms. The van der Waals surface area contributed by atoms with E-state index in [0.717, 1.165) is 55.6 Å². The Morgan fingerprint density at radius 1 is 0.938 bits per heavy atom. The minimum atomic E-state index is 0.619. The molecule has 5 rings (SSSR count). The Morgan fingerprint density at radius 3 is 2.38 bits per heavy atom. The van der Waals surface area contributed by atoms with Crippen molar-refractivity contribution in [2.75, 3.05) is 55.6 Å². The number of ether oxygens (including phenoxy) is 1. The Bertz CT molecular complexity index is 1130. The van der Waals surface area contributed by atoms with Crippen LogP contribution in [0.4, 0.5) is 11.6 Å². The van der Waals surface area contributed by atoms with E-state index in [0.29, 0.717) is 24.6 Å². The van der Waals surface area contributed by atoms with Gasteiger partial charge >= 0.3 is 0 Å². The second-order valence-electron chi connectivity index (χ2n) is 8.41. The van der Waals surface area contributed by atoms with Crippen molar-refractivity contribution in [3.63, 3.8) is 0 Å². The van der Waals surface area contributed by atoms with E-state index >= 15 is 0 Å². The van der Waals surface area contributed by atoms with Gasteiger partial charge in [0.05, 0.1) is 18.8 Å². The van der Waals surface area contributed by atoms with E-state index in [1.54, 1.807) is 0 Å². The highest BCUT2D eigenvalue weighted by Crippen LogP contribution is 2.31. The first-order valence-corrected chi connectivity index (χ1v) is 11.2. The molecule has 2 saturated heterocycles. The van der Waals surface area contributed by atoms with Crippen molar-refractivity contribution in [2.45, 2.75) is 6.92 Å². The summed E-state index contributed by atoms with van der Waals surface area (Å²) >= 11 is 0. The molecule has 1 aromatic carbocycles. The van der Waals surface area contributed by atoms with Crippen LogP contribution in [-0.2, 0) is 4.74 Å². The lowest BCUT2D eigenvalue weighted by Crippen LogP contribution is -2.46. The number of pyridine rings is 2.